The molecule has 8 rings (SSSR count). The van der Waals surface area contributed by atoms with Gasteiger partial charge in [-0.2, -0.15) is 8.78 Å². The van der Waals surface area contributed by atoms with Gasteiger partial charge in [-0.25, -0.2) is 14.8 Å². The molecule has 11 nitrogen and oxygen atoms in total. The Balaban J connectivity index is 1.03. The number of amides is 2. The van der Waals surface area contributed by atoms with E-state index in [4.69, 9.17) is 14.5 Å². The predicted octanol–water partition coefficient (Wildman–Crippen LogP) is 7.13. The predicted molar refractivity (Wildman–Crippen MR) is 196 cm³/mol. The first-order chi connectivity index (χ1) is 25.6. The molecule has 0 spiro atoms. The van der Waals surface area contributed by atoms with Crippen LogP contribution in [0.3, 0.4) is 0 Å². The summed E-state index contributed by atoms with van der Waals surface area (Å²) in [6, 6.07) is 15.0. The van der Waals surface area contributed by atoms with Gasteiger partial charge in [-0.05, 0) is 90.6 Å². The number of carbonyl (C=O) groups is 2. The minimum absolute atomic E-state index is 0.0322. The number of nitrogens with zero attached hydrogens (tertiary/aromatic N) is 2. The van der Waals surface area contributed by atoms with Crippen LogP contribution in [0.2, 0.25) is 0 Å². The van der Waals surface area contributed by atoms with E-state index < -0.39 is 24.1 Å². The van der Waals surface area contributed by atoms with Crippen molar-refractivity contribution in [2.75, 3.05) is 26.9 Å². The number of hydrogen-bond acceptors (Lipinski definition) is 7. The van der Waals surface area contributed by atoms with Crippen LogP contribution in [-0.4, -0.2) is 64.8 Å². The molecule has 0 unspecified atom stereocenters. The van der Waals surface area contributed by atoms with Crippen LogP contribution >= 0.6 is 0 Å². The molecule has 4 heterocycles. The number of nitrogens with one attached hydrogen (secondary N) is 5. The third-order valence-electron chi connectivity index (χ3n) is 10.9. The van der Waals surface area contributed by atoms with Gasteiger partial charge in [-0.1, -0.05) is 44.2 Å². The summed E-state index contributed by atoms with van der Waals surface area (Å²) < 4.78 is 42.9. The minimum atomic E-state index is -3.22. The van der Waals surface area contributed by atoms with Crippen LogP contribution in [0.4, 0.5) is 13.6 Å². The Kier molecular flexibility index (Phi) is 9.23. The average molecular weight is 724 g/mol. The number of alkyl halides is 2. The van der Waals surface area contributed by atoms with E-state index in [0.29, 0.717) is 59.8 Å². The van der Waals surface area contributed by atoms with E-state index in [1.807, 2.05) is 44.2 Å². The maximum Gasteiger partial charge on any atom is 0.407 e. The van der Waals surface area contributed by atoms with Crippen molar-refractivity contribution < 1.29 is 27.8 Å². The molecule has 2 aliphatic heterocycles. The normalized spacial score (nSPS) is 19.2. The number of hydrogen-bond donors (Lipinski definition) is 5. The first kappa shape index (κ1) is 34.9. The van der Waals surface area contributed by atoms with Crippen molar-refractivity contribution in [2.24, 2.45) is 11.8 Å². The van der Waals surface area contributed by atoms with Crippen LogP contribution in [-0.2, 0) is 20.2 Å². The Morgan fingerprint density at radius 2 is 1.62 bits per heavy atom. The molecule has 3 aromatic carbocycles. The summed E-state index contributed by atoms with van der Waals surface area (Å²) in [5.74, 6) is -2.40. The van der Waals surface area contributed by atoms with Crippen LogP contribution in [0.25, 0.3) is 44.5 Å². The van der Waals surface area contributed by atoms with Gasteiger partial charge in [0.2, 0.25) is 5.91 Å². The zero-order chi connectivity index (χ0) is 36.9. The lowest BCUT2D eigenvalue weighted by Crippen LogP contribution is -2.53. The Bertz CT molecular complexity index is 2170. The molecule has 276 valence electrons. The molecular formula is C40H43F2N7O4. The zero-order valence-electron chi connectivity index (χ0n) is 29.9. The standard InChI is InChI=1S/C40H43F2N7O4/c1-21(2)34(48-38(50)35(49-39(51)52-3)22-12-15-53-16-13-22)37-44-20-33(47-37)25-7-10-27-26-9-6-23(17-28(26)40(41,42)29(27)18-25)24-8-11-30-32(19-24)46-36(45-30)31-5-4-14-43-31/h6-11,17-22,31,34-35,43H,4-5,12-16H2,1-3H3,(H,44,47)(H,45,46)(H,48,50)(H,49,51)/t31-,34-,35-/m0/s1. The van der Waals surface area contributed by atoms with Gasteiger partial charge in [0.05, 0.1) is 42.1 Å². The van der Waals surface area contributed by atoms with Crippen LogP contribution in [0, 0.1) is 11.8 Å². The lowest BCUT2D eigenvalue weighted by molar-refractivity contribution is -0.126. The van der Waals surface area contributed by atoms with Gasteiger partial charge < -0.3 is 35.4 Å². The number of rotatable bonds is 9. The Labute approximate surface area is 305 Å². The molecule has 0 bridgehead atoms. The Morgan fingerprint density at radius 1 is 0.925 bits per heavy atom. The van der Waals surface area contributed by atoms with E-state index in [9.17, 15) is 9.59 Å². The van der Waals surface area contributed by atoms with Gasteiger partial charge in [-0.3, -0.25) is 4.79 Å². The summed E-state index contributed by atoms with van der Waals surface area (Å²) in [6.45, 7) is 5.87. The van der Waals surface area contributed by atoms with Crippen molar-refractivity contribution in [3.63, 3.8) is 0 Å². The van der Waals surface area contributed by atoms with E-state index in [1.54, 1.807) is 24.4 Å². The number of aromatic nitrogens is 4. The summed E-state index contributed by atoms with van der Waals surface area (Å²) >= 11 is 0. The maximum atomic E-state index is 16.3. The van der Waals surface area contributed by atoms with Gasteiger partial charge in [-0.15, -0.1) is 0 Å². The van der Waals surface area contributed by atoms with Crippen molar-refractivity contribution in [1.82, 2.24) is 35.9 Å². The lowest BCUT2D eigenvalue weighted by atomic mass is 9.90. The van der Waals surface area contributed by atoms with Gasteiger partial charge >= 0.3 is 6.09 Å². The molecule has 5 N–H and O–H groups in total. The number of methoxy groups -OCH3 is 1. The summed E-state index contributed by atoms with van der Waals surface area (Å²) in [5.41, 5.74) is 5.25. The monoisotopic (exact) mass is 723 g/mol. The zero-order valence-corrected chi connectivity index (χ0v) is 29.9. The molecular weight excluding hydrogens is 680 g/mol. The van der Waals surface area contributed by atoms with Crippen molar-refractivity contribution in [3.05, 3.63) is 83.6 Å². The van der Waals surface area contributed by atoms with Crippen molar-refractivity contribution in [2.45, 2.75) is 63.6 Å². The highest BCUT2D eigenvalue weighted by Gasteiger charge is 2.45. The van der Waals surface area contributed by atoms with Gasteiger partial charge in [0, 0.05) is 29.9 Å². The highest BCUT2D eigenvalue weighted by molar-refractivity contribution is 5.88. The quantitative estimate of drug-likeness (QED) is 0.109. The fraction of sp³-hybridized carbons (Fsp3) is 0.400. The number of alkyl carbamates (subject to hydrolysis) is 1. The molecule has 2 fully saturated rings. The minimum Gasteiger partial charge on any atom is -0.453 e. The van der Waals surface area contributed by atoms with E-state index in [2.05, 4.69) is 30.9 Å². The largest absolute Gasteiger partial charge is 0.453 e. The molecule has 2 amide bonds. The van der Waals surface area contributed by atoms with Crippen LogP contribution in [0.15, 0.2) is 60.8 Å². The number of H-pyrrole nitrogens is 2. The second-order valence-corrected chi connectivity index (χ2v) is 14.6. The van der Waals surface area contributed by atoms with Crippen molar-refractivity contribution in [1.29, 1.82) is 0 Å². The van der Waals surface area contributed by atoms with Crippen LogP contribution in [0.1, 0.15) is 74.4 Å². The third-order valence-corrected chi connectivity index (χ3v) is 10.9. The first-order valence-electron chi connectivity index (χ1n) is 18.3. The number of halogens is 2. The van der Waals surface area contributed by atoms with Crippen LogP contribution in [0.5, 0.6) is 0 Å². The van der Waals surface area contributed by atoms with E-state index >= 15 is 8.78 Å². The maximum absolute atomic E-state index is 16.3. The average Bonchev–Trinajstić information content (AvgIpc) is 3.99. The number of fused-ring (bicyclic) bond motifs is 4. The highest BCUT2D eigenvalue weighted by atomic mass is 19.3. The Morgan fingerprint density at radius 3 is 2.32 bits per heavy atom. The van der Waals surface area contributed by atoms with Gasteiger partial charge in [0.25, 0.3) is 5.92 Å². The second kappa shape index (κ2) is 14.0. The fourth-order valence-corrected chi connectivity index (χ4v) is 7.93. The molecule has 2 saturated heterocycles. The molecule has 3 atom stereocenters. The van der Waals surface area contributed by atoms with Crippen LogP contribution < -0.4 is 16.0 Å². The molecule has 1 aliphatic carbocycles. The number of carbonyl (C=O) groups excluding carboxylic acids is 2. The number of imidazole rings is 2. The molecule has 13 heteroatoms. The number of ether oxygens (including phenoxy) is 2. The molecule has 5 aromatic rings. The summed E-state index contributed by atoms with van der Waals surface area (Å²) in [4.78, 5) is 41.8. The summed E-state index contributed by atoms with van der Waals surface area (Å²) in [7, 11) is 1.26. The van der Waals surface area contributed by atoms with Gasteiger partial charge in [0.1, 0.15) is 17.7 Å². The SMILES string of the molecule is COC(=O)N[C@H](C(=O)N[C@H](c1ncc(-c2ccc3c(c2)C(F)(F)c2cc(-c4ccc5nc([C@@H]6CCCN6)[nH]c5c4)ccc2-3)[nH]1)C(C)C)C1CCOCC1. The lowest BCUT2D eigenvalue weighted by Gasteiger charge is -2.31. The number of benzene rings is 3. The Hall–Kier alpha value is -5.14. The fourth-order valence-electron chi connectivity index (χ4n) is 7.93. The van der Waals surface area contributed by atoms with Crippen molar-refractivity contribution in [3.8, 4) is 33.5 Å². The molecule has 0 radical (unpaired) electrons. The summed E-state index contributed by atoms with van der Waals surface area (Å²) in [5, 5.41) is 9.22. The van der Waals surface area contributed by atoms with Gasteiger partial charge in [0.15, 0.2) is 0 Å². The van der Waals surface area contributed by atoms with E-state index in [0.717, 1.165) is 41.8 Å². The van der Waals surface area contributed by atoms with E-state index in [-0.39, 0.29) is 34.9 Å². The highest BCUT2D eigenvalue weighted by Crippen LogP contribution is 2.52. The summed E-state index contributed by atoms with van der Waals surface area (Å²) in [6.07, 6.45) is 4.28. The number of aromatic amines is 2. The molecule has 2 aromatic heterocycles. The second-order valence-electron chi connectivity index (χ2n) is 14.6. The molecule has 3 aliphatic rings. The molecule has 0 saturated carbocycles. The smallest absolute Gasteiger partial charge is 0.407 e. The topological polar surface area (TPSA) is 146 Å². The van der Waals surface area contributed by atoms with E-state index in [1.165, 1.54) is 13.2 Å². The van der Waals surface area contributed by atoms with Crippen molar-refractivity contribution >= 4 is 23.0 Å². The third kappa shape index (κ3) is 6.56. The molecule has 53 heavy (non-hydrogen) atoms. The first-order valence-corrected chi connectivity index (χ1v) is 18.3.